The van der Waals surface area contributed by atoms with Crippen molar-refractivity contribution in [3.05, 3.63) is 51.1 Å². The van der Waals surface area contributed by atoms with E-state index in [0.29, 0.717) is 23.3 Å². The molecule has 170 valence electrons. The molecule has 1 amide bonds. The van der Waals surface area contributed by atoms with Crippen LogP contribution < -0.4 is 15.8 Å². The number of nitrogens with zero attached hydrogens (tertiary/aromatic N) is 1. The number of aliphatic hydroxyl groups excluding tert-OH is 1. The van der Waals surface area contributed by atoms with Gasteiger partial charge < -0.3 is 30.5 Å². The predicted octanol–water partition coefficient (Wildman–Crippen LogP) is 3.12. The highest BCUT2D eigenvalue weighted by molar-refractivity contribution is 14.1. The number of nitrogens with two attached hydrogens (primary N) is 1. The van der Waals surface area contributed by atoms with E-state index in [4.69, 9.17) is 15.2 Å². The molecular weight excluding hydrogens is 523 g/mol. The van der Waals surface area contributed by atoms with Crippen LogP contribution in [-0.4, -0.2) is 62.5 Å². The fourth-order valence-electron chi connectivity index (χ4n) is 2.88. The Morgan fingerprint density at radius 1 is 1.26 bits per heavy atom. The molecule has 0 saturated heterocycles. The second kappa shape index (κ2) is 12.1. The van der Waals surface area contributed by atoms with Crippen LogP contribution in [0, 0.1) is 15.2 Å². The predicted molar refractivity (Wildman–Crippen MR) is 123 cm³/mol. The van der Waals surface area contributed by atoms with Gasteiger partial charge in [-0.2, -0.15) is 0 Å². The maximum atomic E-state index is 14.2. The summed E-state index contributed by atoms with van der Waals surface area (Å²) in [7, 11) is 3.45. The average Bonchev–Trinajstić information content (AvgIpc) is 2.68. The van der Waals surface area contributed by atoms with Crippen LogP contribution in [0.1, 0.15) is 16.8 Å². The number of carbonyl (C=O) groups excluding carboxylic acids is 1. The van der Waals surface area contributed by atoms with Gasteiger partial charge >= 0.3 is 0 Å². The lowest BCUT2D eigenvalue weighted by atomic mass is 10.1. The molecule has 2 aromatic rings. The largest absolute Gasteiger partial charge is 0.492 e. The minimum atomic E-state index is -0.858. The number of methoxy groups -OCH3 is 1. The second-order valence-corrected chi connectivity index (χ2v) is 8.23. The summed E-state index contributed by atoms with van der Waals surface area (Å²) in [5, 5.41) is 12.9. The van der Waals surface area contributed by atoms with Crippen LogP contribution in [0.15, 0.2) is 30.3 Å². The van der Waals surface area contributed by atoms with Crippen molar-refractivity contribution < 1.29 is 28.2 Å². The molecule has 0 saturated carbocycles. The highest BCUT2D eigenvalue weighted by Crippen LogP contribution is 2.31. The topological polar surface area (TPSA) is 97.1 Å². The van der Waals surface area contributed by atoms with Crippen molar-refractivity contribution >= 4 is 39.9 Å². The van der Waals surface area contributed by atoms with E-state index in [1.165, 1.54) is 12.1 Å². The van der Waals surface area contributed by atoms with Crippen LogP contribution in [0.25, 0.3) is 0 Å². The molecule has 1 unspecified atom stereocenters. The molecule has 7 nitrogen and oxygen atoms in total. The van der Waals surface area contributed by atoms with Crippen molar-refractivity contribution in [2.45, 2.75) is 12.5 Å². The number of halogens is 3. The number of carbonyl (C=O) groups is 1. The molecule has 0 aromatic heterocycles. The van der Waals surface area contributed by atoms with Crippen molar-refractivity contribution in [1.29, 1.82) is 0 Å². The number of benzene rings is 2. The van der Waals surface area contributed by atoms with Gasteiger partial charge in [0.2, 0.25) is 0 Å². The minimum Gasteiger partial charge on any atom is -0.492 e. The number of hydrogen-bond acceptors (Lipinski definition) is 6. The first-order valence-corrected chi connectivity index (χ1v) is 10.6. The van der Waals surface area contributed by atoms with Gasteiger partial charge in [0.05, 0.1) is 30.7 Å². The number of primary amides is 1. The van der Waals surface area contributed by atoms with Gasteiger partial charge in [-0.05, 0) is 53.9 Å². The number of nitrogens with one attached hydrogen (secondary N) is 1. The lowest BCUT2D eigenvalue weighted by Crippen LogP contribution is -2.32. The highest BCUT2D eigenvalue weighted by atomic mass is 127. The third kappa shape index (κ3) is 7.87. The van der Waals surface area contributed by atoms with Crippen LogP contribution in [0.3, 0.4) is 0 Å². The molecule has 31 heavy (non-hydrogen) atoms. The highest BCUT2D eigenvalue weighted by Gasteiger charge is 2.19. The van der Waals surface area contributed by atoms with Gasteiger partial charge in [0, 0.05) is 36.3 Å². The lowest BCUT2D eigenvalue weighted by Gasteiger charge is -2.20. The summed E-state index contributed by atoms with van der Waals surface area (Å²) in [4.78, 5) is 13.9. The Morgan fingerprint density at radius 3 is 2.65 bits per heavy atom. The summed E-state index contributed by atoms with van der Waals surface area (Å²) in [5.74, 6) is -2.19. The Kier molecular flexibility index (Phi) is 9.88. The quantitative estimate of drug-likeness (QED) is 0.353. The second-order valence-electron chi connectivity index (χ2n) is 6.99. The van der Waals surface area contributed by atoms with Gasteiger partial charge in [-0.15, -0.1) is 0 Å². The minimum absolute atomic E-state index is 0.0116. The van der Waals surface area contributed by atoms with E-state index >= 15 is 0 Å². The van der Waals surface area contributed by atoms with Gasteiger partial charge in [-0.25, -0.2) is 8.78 Å². The van der Waals surface area contributed by atoms with Crippen LogP contribution in [0.2, 0.25) is 0 Å². The summed E-state index contributed by atoms with van der Waals surface area (Å²) in [6, 6.07) is 6.52. The van der Waals surface area contributed by atoms with Gasteiger partial charge in [0.25, 0.3) is 5.91 Å². The van der Waals surface area contributed by atoms with E-state index in [1.54, 1.807) is 13.2 Å². The molecule has 2 aromatic carbocycles. The number of likely N-dealkylation sites (N-methyl/N-ethyl adjacent to an activating group) is 1. The standard InChI is InChI=1S/C21H26F2IN3O4/c1-27(6-8-30-2)12-15(28)5-7-31-19-10-13(22)9-18(20(19)21(25)29)26-17-4-3-14(24)11-16(17)23/h3-4,9-11,15,26,28H,5-8,12H2,1-2H3,(H2,25,29). The third-order valence-corrected chi connectivity index (χ3v) is 5.09. The Balaban J connectivity index is 2.12. The summed E-state index contributed by atoms with van der Waals surface area (Å²) in [5.41, 5.74) is 5.43. The zero-order valence-corrected chi connectivity index (χ0v) is 19.5. The molecule has 0 bridgehead atoms. The van der Waals surface area contributed by atoms with Crippen LogP contribution in [0.4, 0.5) is 20.2 Å². The average molecular weight is 549 g/mol. The maximum absolute atomic E-state index is 14.2. The molecule has 10 heteroatoms. The third-order valence-electron chi connectivity index (χ3n) is 4.42. The van der Waals surface area contributed by atoms with Crippen LogP contribution >= 0.6 is 22.6 Å². The zero-order valence-electron chi connectivity index (χ0n) is 17.3. The summed E-state index contributed by atoms with van der Waals surface area (Å²) < 4.78 is 39.6. The first kappa shape index (κ1) is 25.2. The Bertz CT molecular complexity index is 901. The first-order valence-electron chi connectivity index (χ1n) is 9.55. The molecule has 0 aliphatic rings. The van der Waals surface area contributed by atoms with Crippen molar-refractivity contribution in [3.8, 4) is 5.75 Å². The lowest BCUT2D eigenvalue weighted by molar-refractivity contribution is 0.0864. The van der Waals surface area contributed by atoms with Crippen LogP contribution in [-0.2, 0) is 4.74 Å². The number of aliphatic hydroxyl groups is 1. The normalized spacial score (nSPS) is 12.1. The van der Waals surface area contributed by atoms with Crippen molar-refractivity contribution in [2.24, 2.45) is 5.73 Å². The van der Waals surface area contributed by atoms with Gasteiger partial charge in [-0.1, -0.05) is 0 Å². The number of rotatable bonds is 12. The SMILES string of the molecule is COCCN(C)CC(O)CCOc1cc(F)cc(Nc2ccc(I)cc2F)c1C(N)=O. The van der Waals surface area contributed by atoms with E-state index in [9.17, 15) is 18.7 Å². The fraction of sp³-hybridized carbons (Fsp3) is 0.381. The molecule has 0 spiro atoms. The van der Waals surface area contributed by atoms with Crippen molar-refractivity contribution in [2.75, 3.05) is 45.8 Å². The van der Waals surface area contributed by atoms with Gasteiger partial charge in [0.15, 0.2) is 0 Å². The van der Waals surface area contributed by atoms with Crippen LogP contribution in [0.5, 0.6) is 5.75 Å². The number of ether oxygens (including phenoxy) is 2. The number of anilines is 2. The van der Waals surface area contributed by atoms with E-state index < -0.39 is 23.6 Å². The van der Waals surface area contributed by atoms with Crippen molar-refractivity contribution in [1.82, 2.24) is 4.90 Å². The fourth-order valence-corrected chi connectivity index (χ4v) is 3.33. The summed E-state index contributed by atoms with van der Waals surface area (Å²) in [6.45, 7) is 1.63. The molecule has 0 radical (unpaired) electrons. The zero-order chi connectivity index (χ0) is 23.0. The molecule has 2 rings (SSSR count). The first-order chi connectivity index (χ1) is 14.7. The number of hydrogen-bond donors (Lipinski definition) is 3. The van der Waals surface area contributed by atoms with Gasteiger partial charge in [0.1, 0.15) is 22.9 Å². The Morgan fingerprint density at radius 2 is 2.00 bits per heavy atom. The van der Waals surface area contributed by atoms with E-state index in [-0.39, 0.29) is 35.7 Å². The smallest absolute Gasteiger partial charge is 0.254 e. The number of amides is 1. The van der Waals surface area contributed by atoms with E-state index in [0.717, 1.165) is 12.1 Å². The van der Waals surface area contributed by atoms with E-state index in [1.807, 2.05) is 34.5 Å². The molecule has 0 fully saturated rings. The summed E-state index contributed by atoms with van der Waals surface area (Å²) >= 11 is 1.96. The molecule has 0 aliphatic heterocycles. The van der Waals surface area contributed by atoms with E-state index in [2.05, 4.69) is 5.32 Å². The molecule has 0 heterocycles. The Hall–Kier alpha value is -2.02. The Labute approximate surface area is 193 Å². The van der Waals surface area contributed by atoms with Gasteiger partial charge in [-0.3, -0.25) is 4.79 Å². The maximum Gasteiger partial charge on any atom is 0.254 e. The van der Waals surface area contributed by atoms with Crippen molar-refractivity contribution in [3.63, 3.8) is 0 Å². The summed E-state index contributed by atoms with van der Waals surface area (Å²) in [6.07, 6.45) is -0.438. The molecule has 1 atom stereocenters. The molecule has 4 N–H and O–H groups in total. The molecule has 0 aliphatic carbocycles. The monoisotopic (exact) mass is 549 g/mol. The molecular formula is C21H26F2IN3O4.